The molecule has 0 bridgehead atoms. The van der Waals surface area contributed by atoms with Crippen molar-refractivity contribution in [2.24, 2.45) is 5.73 Å². The molecular formula is C42H45N. The van der Waals surface area contributed by atoms with Crippen LogP contribution in [0.15, 0.2) is 159 Å². The van der Waals surface area contributed by atoms with Crippen LogP contribution in [0, 0.1) is 6.92 Å². The molecule has 0 heterocycles. The van der Waals surface area contributed by atoms with Crippen molar-refractivity contribution in [3.63, 3.8) is 0 Å². The van der Waals surface area contributed by atoms with Gasteiger partial charge in [-0.15, -0.1) is 0 Å². The highest BCUT2D eigenvalue weighted by atomic mass is 14.6. The highest BCUT2D eigenvalue weighted by Crippen LogP contribution is 2.22. The zero-order valence-corrected chi connectivity index (χ0v) is 26.0. The summed E-state index contributed by atoms with van der Waals surface area (Å²) in [5, 5.41) is 2.41. The molecule has 0 radical (unpaired) electrons. The monoisotopic (exact) mass is 563 g/mol. The SMILES string of the molecule is C=C(/C=C(\N)c1ccc2ccccc2c1)c1ccccc1.C=C/C=C\C.CCCCc1ccc(-c2ccc(C)cc2)cc1. The largest absolute Gasteiger partial charge is 0.398 e. The van der Waals surface area contributed by atoms with E-state index in [1.165, 1.54) is 52.3 Å². The van der Waals surface area contributed by atoms with Gasteiger partial charge in [0.2, 0.25) is 0 Å². The van der Waals surface area contributed by atoms with Gasteiger partial charge in [0.05, 0.1) is 0 Å². The lowest BCUT2D eigenvalue weighted by Crippen LogP contribution is -1.96. The lowest BCUT2D eigenvalue weighted by molar-refractivity contribution is 0.795. The van der Waals surface area contributed by atoms with Gasteiger partial charge >= 0.3 is 0 Å². The quantitative estimate of drug-likeness (QED) is 0.187. The minimum absolute atomic E-state index is 0.731. The van der Waals surface area contributed by atoms with E-state index < -0.39 is 0 Å². The third kappa shape index (κ3) is 10.8. The summed E-state index contributed by atoms with van der Waals surface area (Å²) in [4.78, 5) is 0. The Hall–Kier alpha value is -4.88. The van der Waals surface area contributed by atoms with E-state index in [1.54, 1.807) is 6.08 Å². The van der Waals surface area contributed by atoms with Crippen molar-refractivity contribution >= 4 is 22.0 Å². The first-order valence-corrected chi connectivity index (χ1v) is 15.1. The van der Waals surface area contributed by atoms with Crippen LogP contribution in [-0.2, 0) is 6.42 Å². The number of fused-ring (bicyclic) bond motifs is 1. The fraction of sp³-hybridized carbons (Fsp3) is 0.143. The summed E-state index contributed by atoms with van der Waals surface area (Å²) in [7, 11) is 0. The normalized spacial score (nSPS) is 10.8. The Morgan fingerprint density at radius 3 is 1.91 bits per heavy atom. The molecule has 0 fully saturated rings. The van der Waals surface area contributed by atoms with Crippen LogP contribution in [0.5, 0.6) is 0 Å². The van der Waals surface area contributed by atoms with E-state index in [9.17, 15) is 0 Å². The van der Waals surface area contributed by atoms with Gasteiger partial charge < -0.3 is 5.73 Å². The molecule has 218 valence electrons. The second-order valence-corrected chi connectivity index (χ2v) is 10.5. The fourth-order valence-electron chi connectivity index (χ4n) is 4.50. The van der Waals surface area contributed by atoms with Gasteiger partial charge in [-0.05, 0) is 83.0 Å². The van der Waals surface area contributed by atoms with Crippen molar-refractivity contribution in [3.05, 3.63) is 181 Å². The van der Waals surface area contributed by atoms with Gasteiger partial charge in [0, 0.05) is 5.70 Å². The van der Waals surface area contributed by atoms with Gasteiger partial charge in [0.25, 0.3) is 0 Å². The Morgan fingerprint density at radius 1 is 0.721 bits per heavy atom. The van der Waals surface area contributed by atoms with Crippen LogP contribution < -0.4 is 5.73 Å². The van der Waals surface area contributed by atoms with E-state index in [-0.39, 0.29) is 0 Å². The second-order valence-electron chi connectivity index (χ2n) is 10.5. The molecule has 0 spiro atoms. The molecule has 0 unspecified atom stereocenters. The maximum absolute atomic E-state index is 6.22. The van der Waals surface area contributed by atoms with Crippen LogP contribution >= 0.6 is 0 Å². The molecule has 0 saturated carbocycles. The number of hydrogen-bond acceptors (Lipinski definition) is 1. The molecule has 0 aromatic heterocycles. The minimum atomic E-state index is 0.731. The van der Waals surface area contributed by atoms with E-state index in [0.29, 0.717) is 0 Å². The first-order chi connectivity index (χ1) is 20.9. The summed E-state index contributed by atoms with van der Waals surface area (Å²) in [6.07, 6.45) is 11.3. The van der Waals surface area contributed by atoms with Crippen molar-refractivity contribution in [1.82, 2.24) is 0 Å². The lowest BCUT2D eigenvalue weighted by atomic mass is 10.0. The smallest absolute Gasteiger partial charge is 0.0393 e. The van der Waals surface area contributed by atoms with Gasteiger partial charge in [-0.1, -0.05) is 166 Å². The first kappa shape index (κ1) is 32.6. The summed E-state index contributed by atoms with van der Waals surface area (Å²) < 4.78 is 0. The first-order valence-electron chi connectivity index (χ1n) is 15.1. The number of allylic oxidation sites excluding steroid dienone is 5. The third-order valence-corrected chi connectivity index (χ3v) is 7.04. The lowest BCUT2D eigenvalue weighted by Gasteiger charge is -2.06. The number of aryl methyl sites for hydroxylation is 2. The Balaban J connectivity index is 0.000000207. The number of benzene rings is 5. The zero-order valence-electron chi connectivity index (χ0n) is 26.0. The van der Waals surface area contributed by atoms with Crippen molar-refractivity contribution in [3.8, 4) is 11.1 Å². The van der Waals surface area contributed by atoms with Crippen LogP contribution in [0.3, 0.4) is 0 Å². The standard InChI is InChI=1S/C20H17N.C17H20.C5H8/c1-15(16-7-3-2-4-8-16)13-20(21)19-12-11-17-9-5-6-10-18(17)14-19;1-3-4-5-15-8-12-17(13-9-15)16-10-6-14(2)7-11-16;1-3-5-4-2/h2-14H,1,21H2;6-13H,3-5H2,1-2H3;3-5H,1H2,2H3/b20-13-;;5-4-. The molecule has 0 atom stereocenters. The van der Waals surface area contributed by atoms with Crippen molar-refractivity contribution in [1.29, 1.82) is 0 Å². The summed E-state index contributed by atoms with van der Waals surface area (Å²) >= 11 is 0. The van der Waals surface area contributed by atoms with Crippen molar-refractivity contribution in [2.75, 3.05) is 0 Å². The molecule has 43 heavy (non-hydrogen) atoms. The molecule has 0 amide bonds. The zero-order chi connectivity index (χ0) is 30.9. The second kappa shape index (κ2) is 17.8. The van der Waals surface area contributed by atoms with E-state index in [0.717, 1.165) is 22.4 Å². The Morgan fingerprint density at radius 2 is 1.33 bits per heavy atom. The van der Waals surface area contributed by atoms with Crippen molar-refractivity contribution < 1.29 is 0 Å². The molecule has 5 aromatic rings. The third-order valence-electron chi connectivity index (χ3n) is 7.04. The van der Waals surface area contributed by atoms with E-state index in [4.69, 9.17) is 5.73 Å². The summed E-state index contributed by atoms with van der Waals surface area (Å²) in [6, 6.07) is 42.3. The molecule has 0 aliphatic rings. The van der Waals surface area contributed by atoms with Crippen molar-refractivity contribution in [2.45, 2.75) is 40.0 Å². The Kier molecular flexibility index (Phi) is 13.5. The molecular weight excluding hydrogens is 518 g/mol. The minimum Gasteiger partial charge on any atom is -0.398 e. The average Bonchev–Trinajstić information content (AvgIpc) is 3.05. The highest BCUT2D eigenvalue weighted by Gasteiger charge is 2.02. The molecule has 2 N–H and O–H groups in total. The molecule has 0 aliphatic carbocycles. The molecule has 1 heteroatoms. The topological polar surface area (TPSA) is 26.0 Å². The van der Waals surface area contributed by atoms with Gasteiger partial charge in [-0.2, -0.15) is 0 Å². The highest BCUT2D eigenvalue weighted by molar-refractivity contribution is 5.88. The fourth-order valence-corrected chi connectivity index (χ4v) is 4.50. The van der Waals surface area contributed by atoms with E-state index in [2.05, 4.69) is 99.8 Å². The molecule has 5 rings (SSSR count). The van der Waals surface area contributed by atoms with E-state index >= 15 is 0 Å². The van der Waals surface area contributed by atoms with E-state index in [1.807, 2.05) is 73.7 Å². The van der Waals surface area contributed by atoms with Gasteiger partial charge in [0.15, 0.2) is 0 Å². The summed E-state index contributed by atoms with van der Waals surface area (Å²) in [6.45, 7) is 13.9. The van der Waals surface area contributed by atoms with Crippen LogP contribution in [0.25, 0.3) is 33.2 Å². The Labute approximate surface area is 259 Å². The van der Waals surface area contributed by atoms with Gasteiger partial charge in [-0.25, -0.2) is 0 Å². The number of hydrogen-bond donors (Lipinski definition) is 1. The predicted octanol–water partition coefficient (Wildman–Crippen LogP) is 11.6. The summed E-state index contributed by atoms with van der Waals surface area (Å²) in [5.74, 6) is 0. The predicted molar refractivity (Wildman–Crippen MR) is 192 cm³/mol. The van der Waals surface area contributed by atoms with Crippen LogP contribution in [0.2, 0.25) is 0 Å². The van der Waals surface area contributed by atoms with Gasteiger partial charge in [0.1, 0.15) is 0 Å². The molecule has 5 aromatic carbocycles. The van der Waals surface area contributed by atoms with Crippen LogP contribution in [0.4, 0.5) is 0 Å². The van der Waals surface area contributed by atoms with Crippen LogP contribution in [-0.4, -0.2) is 0 Å². The van der Waals surface area contributed by atoms with Gasteiger partial charge in [-0.3, -0.25) is 0 Å². The molecule has 0 saturated heterocycles. The van der Waals surface area contributed by atoms with Crippen LogP contribution in [0.1, 0.15) is 48.9 Å². The Bertz CT molecular complexity index is 1620. The average molecular weight is 564 g/mol. The maximum atomic E-state index is 6.22. The number of nitrogens with two attached hydrogens (primary N) is 1. The number of unbranched alkanes of at least 4 members (excludes halogenated alkanes) is 1. The number of rotatable bonds is 8. The molecule has 0 aliphatic heterocycles. The summed E-state index contributed by atoms with van der Waals surface area (Å²) in [5.41, 5.74) is 15.4. The maximum Gasteiger partial charge on any atom is 0.0393 e. The molecule has 1 nitrogen and oxygen atoms in total.